The van der Waals surface area contributed by atoms with Crippen molar-refractivity contribution in [3.8, 4) is 0 Å². The lowest BCUT2D eigenvalue weighted by molar-refractivity contribution is 0.101. The first-order chi connectivity index (χ1) is 18.9. The van der Waals surface area contributed by atoms with E-state index in [4.69, 9.17) is 11.6 Å². The van der Waals surface area contributed by atoms with Gasteiger partial charge < -0.3 is 20.4 Å². The number of nitrogens with one attached hydrogen (secondary N) is 2. The molecule has 1 aliphatic rings. The smallest absolute Gasteiger partial charge is 0.255 e. The quantitative estimate of drug-likeness (QED) is 0.357. The maximum atomic E-state index is 13.6. The van der Waals surface area contributed by atoms with Gasteiger partial charge in [0.15, 0.2) is 0 Å². The minimum absolute atomic E-state index is 0.138. The number of benzene rings is 3. The zero-order valence-electron chi connectivity index (χ0n) is 21.3. The van der Waals surface area contributed by atoms with Crippen LogP contribution in [0, 0.1) is 5.82 Å². The number of hydrogen-bond donors (Lipinski definition) is 2. The SMILES string of the molecule is CN1CCN(c2ccc(C(=O)Nc3cccc(Cn4cncn4)c3)cc2NC(=O)c2ccc(F)c(Cl)c2)CC1. The van der Waals surface area contributed by atoms with Crippen LogP contribution in [0.5, 0.6) is 0 Å². The minimum atomic E-state index is -0.602. The van der Waals surface area contributed by atoms with Crippen molar-refractivity contribution < 1.29 is 14.0 Å². The summed E-state index contributed by atoms with van der Waals surface area (Å²) in [5, 5.41) is 9.81. The summed E-state index contributed by atoms with van der Waals surface area (Å²) in [4.78, 5) is 34.7. The standard InChI is InChI=1S/C28H27ClFN7O2/c1-35-9-11-36(12-10-35)26-8-6-21(15-25(26)34-28(39)20-5-7-24(30)23(29)14-20)27(38)33-22-4-2-3-19(13-22)16-37-18-31-17-32-37/h2-8,13-15,17-18H,9-12,16H2,1H3,(H,33,38)(H,34,39). The maximum absolute atomic E-state index is 13.6. The Morgan fingerprint density at radius 3 is 2.44 bits per heavy atom. The lowest BCUT2D eigenvalue weighted by Crippen LogP contribution is -2.44. The number of aromatic nitrogens is 3. The number of anilines is 3. The summed E-state index contributed by atoms with van der Waals surface area (Å²) >= 11 is 5.89. The van der Waals surface area contributed by atoms with E-state index in [9.17, 15) is 14.0 Å². The highest BCUT2D eigenvalue weighted by Gasteiger charge is 2.21. The molecule has 3 aromatic carbocycles. The zero-order valence-corrected chi connectivity index (χ0v) is 22.0. The second-order valence-corrected chi connectivity index (χ2v) is 9.76. The summed E-state index contributed by atoms with van der Waals surface area (Å²) in [6.45, 7) is 3.80. The van der Waals surface area contributed by atoms with E-state index in [1.54, 1.807) is 23.1 Å². The summed E-state index contributed by atoms with van der Waals surface area (Å²) in [5.41, 5.74) is 3.46. The first-order valence-corrected chi connectivity index (χ1v) is 12.8. The Hall–Kier alpha value is -4.28. The molecule has 200 valence electrons. The van der Waals surface area contributed by atoms with Crippen molar-refractivity contribution in [2.24, 2.45) is 0 Å². The molecule has 2 N–H and O–H groups in total. The Balaban J connectivity index is 1.39. The molecule has 39 heavy (non-hydrogen) atoms. The molecule has 0 aliphatic carbocycles. The van der Waals surface area contributed by atoms with Gasteiger partial charge in [0, 0.05) is 43.0 Å². The largest absolute Gasteiger partial charge is 0.367 e. The van der Waals surface area contributed by atoms with Crippen LogP contribution in [0.3, 0.4) is 0 Å². The second kappa shape index (κ2) is 11.6. The lowest BCUT2D eigenvalue weighted by atomic mass is 10.1. The van der Waals surface area contributed by atoms with Crippen LogP contribution in [-0.2, 0) is 6.54 Å². The van der Waals surface area contributed by atoms with Crippen molar-refractivity contribution >= 4 is 40.5 Å². The Kier molecular flexibility index (Phi) is 7.85. The molecule has 2 heterocycles. The molecule has 0 saturated carbocycles. The summed E-state index contributed by atoms with van der Waals surface area (Å²) in [7, 11) is 2.06. The first kappa shape index (κ1) is 26.3. The van der Waals surface area contributed by atoms with Gasteiger partial charge in [0.2, 0.25) is 0 Å². The zero-order chi connectivity index (χ0) is 27.4. The van der Waals surface area contributed by atoms with E-state index < -0.39 is 11.7 Å². The molecule has 4 aromatic rings. The average molecular weight is 548 g/mol. The average Bonchev–Trinajstić information content (AvgIpc) is 3.44. The topological polar surface area (TPSA) is 95.4 Å². The number of carbonyl (C=O) groups is 2. The van der Waals surface area contributed by atoms with Crippen LogP contribution in [0.2, 0.25) is 5.02 Å². The molecule has 11 heteroatoms. The number of likely N-dealkylation sites (N-methyl/N-ethyl adjacent to an activating group) is 1. The van der Waals surface area contributed by atoms with Crippen molar-refractivity contribution in [2.45, 2.75) is 6.54 Å². The van der Waals surface area contributed by atoms with Gasteiger partial charge in [-0.3, -0.25) is 9.59 Å². The van der Waals surface area contributed by atoms with E-state index in [1.807, 2.05) is 30.3 Å². The predicted molar refractivity (Wildman–Crippen MR) is 149 cm³/mol. The van der Waals surface area contributed by atoms with Gasteiger partial charge in [-0.15, -0.1) is 0 Å². The number of halogens is 2. The van der Waals surface area contributed by atoms with Gasteiger partial charge in [-0.2, -0.15) is 5.10 Å². The van der Waals surface area contributed by atoms with Gasteiger partial charge in [-0.05, 0) is 61.1 Å². The Bertz CT molecular complexity index is 1490. The molecule has 5 rings (SSSR count). The lowest BCUT2D eigenvalue weighted by Gasteiger charge is -2.35. The van der Waals surface area contributed by atoms with Gasteiger partial charge in [0.25, 0.3) is 11.8 Å². The highest BCUT2D eigenvalue weighted by Crippen LogP contribution is 2.30. The molecule has 9 nitrogen and oxygen atoms in total. The summed E-state index contributed by atoms with van der Waals surface area (Å²) in [6.07, 6.45) is 3.10. The number of piperazine rings is 1. The molecule has 1 saturated heterocycles. The maximum Gasteiger partial charge on any atom is 0.255 e. The van der Waals surface area contributed by atoms with Gasteiger partial charge in [0.1, 0.15) is 18.5 Å². The molecule has 0 radical (unpaired) electrons. The highest BCUT2D eigenvalue weighted by molar-refractivity contribution is 6.31. The molecule has 0 atom stereocenters. The summed E-state index contributed by atoms with van der Waals surface area (Å²) in [5.74, 6) is -1.38. The fraction of sp³-hybridized carbons (Fsp3) is 0.214. The number of nitrogens with zero attached hydrogens (tertiary/aromatic N) is 5. The van der Waals surface area contributed by atoms with Crippen molar-refractivity contribution in [1.29, 1.82) is 0 Å². The van der Waals surface area contributed by atoms with Crippen molar-refractivity contribution in [1.82, 2.24) is 19.7 Å². The van der Waals surface area contributed by atoms with Crippen LogP contribution >= 0.6 is 11.6 Å². The van der Waals surface area contributed by atoms with Crippen molar-refractivity contribution in [3.05, 3.63) is 101 Å². The number of amides is 2. The van der Waals surface area contributed by atoms with E-state index in [1.165, 1.54) is 18.5 Å². The van der Waals surface area contributed by atoms with Crippen molar-refractivity contribution in [3.63, 3.8) is 0 Å². The monoisotopic (exact) mass is 547 g/mol. The van der Waals surface area contributed by atoms with E-state index in [0.29, 0.717) is 23.5 Å². The Morgan fingerprint density at radius 1 is 0.949 bits per heavy atom. The predicted octanol–water partition coefficient (Wildman–Crippen LogP) is 4.38. The number of rotatable bonds is 7. The van der Waals surface area contributed by atoms with Gasteiger partial charge in [0.05, 0.1) is 22.9 Å². The van der Waals surface area contributed by atoms with Crippen LogP contribution < -0.4 is 15.5 Å². The summed E-state index contributed by atoms with van der Waals surface area (Å²) in [6, 6.07) is 16.5. The van der Waals surface area contributed by atoms with Crippen LogP contribution in [0.15, 0.2) is 73.3 Å². The molecule has 2 amide bonds. The van der Waals surface area contributed by atoms with E-state index in [2.05, 4.69) is 37.6 Å². The Morgan fingerprint density at radius 2 is 1.69 bits per heavy atom. The van der Waals surface area contributed by atoms with Crippen LogP contribution in [0.4, 0.5) is 21.5 Å². The molecule has 1 aromatic heterocycles. The second-order valence-electron chi connectivity index (χ2n) is 9.35. The fourth-order valence-corrected chi connectivity index (χ4v) is 4.57. The van der Waals surface area contributed by atoms with Gasteiger partial charge >= 0.3 is 0 Å². The van der Waals surface area contributed by atoms with Crippen molar-refractivity contribution in [2.75, 3.05) is 48.8 Å². The molecule has 1 aliphatic heterocycles. The fourth-order valence-electron chi connectivity index (χ4n) is 4.38. The summed E-state index contributed by atoms with van der Waals surface area (Å²) < 4.78 is 15.3. The van der Waals surface area contributed by atoms with Crippen LogP contribution in [0.25, 0.3) is 0 Å². The Labute approximate surface area is 230 Å². The van der Waals surface area contributed by atoms with Crippen LogP contribution in [0.1, 0.15) is 26.3 Å². The highest BCUT2D eigenvalue weighted by atomic mass is 35.5. The first-order valence-electron chi connectivity index (χ1n) is 12.4. The molecular weight excluding hydrogens is 521 g/mol. The van der Waals surface area contributed by atoms with E-state index in [-0.39, 0.29) is 16.5 Å². The third kappa shape index (κ3) is 6.42. The van der Waals surface area contributed by atoms with Gasteiger partial charge in [-0.25, -0.2) is 14.1 Å². The molecule has 1 fully saturated rings. The third-order valence-electron chi connectivity index (χ3n) is 6.53. The minimum Gasteiger partial charge on any atom is -0.367 e. The van der Waals surface area contributed by atoms with E-state index >= 15 is 0 Å². The molecular formula is C28H27ClFN7O2. The number of carbonyl (C=O) groups excluding carboxylic acids is 2. The van der Waals surface area contributed by atoms with E-state index in [0.717, 1.165) is 43.5 Å². The number of hydrogen-bond acceptors (Lipinski definition) is 6. The van der Waals surface area contributed by atoms with Gasteiger partial charge in [-0.1, -0.05) is 23.7 Å². The molecule has 0 unspecified atom stereocenters. The normalized spacial score (nSPS) is 13.8. The third-order valence-corrected chi connectivity index (χ3v) is 6.82. The molecule has 0 bridgehead atoms. The van der Waals surface area contributed by atoms with Crippen LogP contribution in [-0.4, -0.2) is 64.7 Å². The molecule has 0 spiro atoms.